The van der Waals surface area contributed by atoms with Gasteiger partial charge in [0.1, 0.15) is 6.54 Å². The second kappa shape index (κ2) is 4.81. The Hall–Kier alpha value is -1.10. The number of carboxylic acid groups (broad SMARTS) is 1. The highest BCUT2D eigenvalue weighted by atomic mass is 16.4. The zero-order valence-electron chi connectivity index (χ0n) is 7.96. The molecule has 0 radical (unpaired) electrons. The average Bonchev–Trinajstić information content (AvgIpc) is 1.99. The maximum absolute atomic E-state index is 11.3. The molecular weight excluding hydrogens is 172 g/mol. The number of carbonyl (C=O) groups excluding carboxylic acids is 1. The molecule has 1 atom stereocenters. The van der Waals surface area contributed by atoms with Gasteiger partial charge in [0.15, 0.2) is 0 Å². The summed E-state index contributed by atoms with van der Waals surface area (Å²) in [5, 5.41) is 10.5. The molecule has 1 amide bonds. The Morgan fingerprint density at radius 2 is 2.08 bits per heavy atom. The van der Waals surface area contributed by atoms with Gasteiger partial charge in [-0.1, -0.05) is 13.3 Å². The highest BCUT2D eigenvalue weighted by Gasteiger charge is 2.26. The Morgan fingerprint density at radius 3 is 2.46 bits per heavy atom. The largest absolute Gasteiger partial charge is 0.480 e. The van der Waals surface area contributed by atoms with Crippen molar-refractivity contribution in [2.45, 2.75) is 32.2 Å². The van der Waals surface area contributed by atoms with Crippen molar-refractivity contribution in [1.82, 2.24) is 5.32 Å². The van der Waals surface area contributed by atoms with Crippen molar-refractivity contribution in [3.8, 4) is 0 Å². The van der Waals surface area contributed by atoms with Gasteiger partial charge in [0, 0.05) is 0 Å². The fraction of sp³-hybridized carbons (Fsp3) is 0.750. The maximum atomic E-state index is 11.3. The van der Waals surface area contributed by atoms with Crippen LogP contribution in [0.25, 0.3) is 0 Å². The number of carbonyl (C=O) groups is 2. The number of hydrogen-bond donors (Lipinski definition) is 3. The van der Waals surface area contributed by atoms with Crippen molar-refractivity contribution in [3.05, 3.63) is 0 Å². The van der Waals surface area contributed by atoms with Crippen LogP contribution in [-0.2, 0) is 9.59 Å². The summed E-state index contributed by atoms with van der Waals surface area (Å²) in [6, 6.07) is 0. The van der Waals surface area contributed by atoms with Gasteiger partial charge in [0.05, 0.1) is 5.54 Å². The molecule has 0 aliphatic rings. The van der Waals surface area contributed by atoms with E-state index in [2.05, 4.69) is 5.32 Å². The Labute approximate surface area is 77.3 Å². The monoisotopic (exact) mass is 188 g/mol. The molecule has 4 N–H and O–H groups in total. The SMILES string of the molecule is CCCC(C)(N)C(=O)NCC(=O)O. The minimum atomic E-state index is -1.07. The molecule has 0 fully saturated rings. The summed E-state index contributed by atoms with van der Waals surface area (Å²) in [6.07, 6.45) is 1.33. The minimum absolute atomic E-state index is 0.380. The molecule has 0 aliphatic heterocycles. The first-order valence-corrected chi connectivity index (χ1v) is 4.19. The lowest BCUT2D eigenvalue weighted by atomic mass is 9.97. The number of aliphatic carboxylic acids is 1. The first kappa shape index (κ1) is 11.9. The maximum Gasteiger partial charge on any atom is 0.322 e. The van der Waals surface area contributed by atoms with Gasteiger partial charge in [-0.3, -0.25) is 9.59 Å². The summed E-state index contributed by atoms with van der Waals surface area (Å²) in [5.74, 6) is -1.49. The highest BCUT2D eigenvalue weighted by molar-refractivity contribution is 5.88. The third kappa shape index (κ3) is 4.47. The van der Waals surface area contributed by atoms with Crippen molar-refractivity contribution in [2.24, 2.45) is 5.73 Å². The van der Waals surface area contributed by atoms with E-state index in [0.717, 1.165) is 6.42 Å². The second-order valence-corrected chi connectivity index (χ2v) is 3.24. The molecule has 0 heterocycles. The summed E-state index contributed by atoms with van der Waals surface area (Å²) >= 11 is 0. The Bertz CT molecular complexity index is 202. The van der Waals surface area contributed by atoms with E-state index in [1.165, 1.54) is 0 Å². The Morgan fingerprint density at radius 1 is 1.54 bits per heavy atom. The van der Waals surface area contributed by atoms with Crippen molar-refractivity contribution in [3.63, 3.8) is 0 Å². The smallest absolute Gasteiger partial charge is 0.322 e. The van der Waals surface area contributed by atoms with Crippen LogP contribution < -0.4 is 11.1 Å². The van der Waals surface area contributed by atoms with Crippen LogP contribution in [0.2, 0.25) is 0 Å². The van der Waals surface area contributed by atoms with E-state index >= 15 is 0 Å². The summed E-state index contributed by atoms with van der Waals surface area (Å²) in [4.78, 5) is 21.4. The van der Waals surface area contributed by atoms with Crippen molar-refractivity contribution in [1.29, 1.82) is 0 Å². The predicted molar refractivity (Wildman–Crippen MR) is 48.1 cm³/mol. The first-order chi connectivity index (χ1) is 5.90. The molecule has 0 rings (SSSR count). The zero-order chi connectivity index (χ0) is 10.5. The summed E-state index contributed by atoms with van der Waals surface area (Å²) in [6.45, 7) is 3.12. The summed E-state index contributed by atoms with van der Waals surface area (Å²) in [5.41, 5.74) is 4.68. The highest BCUT2D eigenvalue weighted by Crippen LogP contribution is 2.07. The summed E-state index contributed by atoms with van der Waals surface area (Å²) < 4.78 is 0. The summed E-state index contributed by atoms with van der Waals surface area (Å²) in [7, 11) is 0. The molecule has 0 saturated heterocycles. The van der Waals surface area contributed by atoms with Gasteiger partial charge >= 0.3 is 5.97 Å². The fourth-order valence-corrected chi connectivity index (χ4v) is 0.991. The normalized spacial score (nSPS) is 14.7. The van der Waals surface area contributed by atoms with Crippen LogP contribution in [0.1, 0.15) is 26.7 Å². The van der Waals surface area contributed by atoms with Crippen molar-refractivity contribution < 1.29 is 14.7 Å². The van der Waals surface area contributed by atoms with Crippen molar-refractivity contribution in [2.75, 3.05) is 6.54 Å². The number of rotatable bonds is 5. The lowest BCUT2D eigenvalue weighted by molar-refractivity contribution is -0.138. The molecule has 0 aromatic carbocycles. The van der Waals surface area contributed by atoms with E-state index in [1.807, 2.05) is 6.92 Å². The minimum Gasteiger partial charge on any atom is -0.480 e. The zero-order valence-corrected chi connectivity index (χ0v) is 7.96. The van der Waals surface area contributed by atoms with E-state index < -0.39 is 17.4 Å². The van der Waals surface area contributed by atoms with E-state index in [-0.39, 0.29) is 6.54 Å². The van der Waals surface area contributed by atoms with E-state index in [9.17, 15) is 9.59 Å². The molecule has 5 nitrogen and oxygen atoms in total. The van der Waals surface area contributed by atoms with E-state index in [1.54, 1.807) is 6.92 Å². The predicted octanol–water partition coefficient (Wildman–Crippen LogP) is -0.295. The first-order valence-electron chi connectivity index (χ1n) is 4.19. The number of amides is 1. The van der Waals surface area contributed by atoms with Crippen LogP contribution in [0.5, 0.6) is 0 Å². The van der Waals surface area contributed by atoms with Gasteiger partial charge in [0.25, 0.3) is 0 Å². The molecule has 1 unspecified atom stereocenters. The topological polar surface area (TPSA) is 92.4 Å². The standard InChI is InChI=1S/C8H16N2O3/c1-3-4-8(2,9)7(13)10-5-6(11)12/h3-5,9H2,1-2H3,(H,10,13)(H,11,12). The van der Waals surface area contributed by atoms with Gasteiger partial charge in [-0.25, -0.2) is 0 Å². The third-order valence-corrected chi connectivity index (χ3v) is 1.69. The molecule has 0 bridgehead atoms. The fourth-order valence-electron chi connectivity index (χ4n) is 0.991. The van der Waals surface area contributed by atoms with Crippen LogP contribution in [0.3, 0.4) is 0 Å². The second-order valence-electron chi connectivity index (χ2n) is 3.24. The lowest BCUT2D eigenvalue weighted by Crippen LogP contribution is -2.52. The van der Waals surface area contributed by atoms with E-state index in [4.69, 9.17) is 10.8 Å². The number of carboxylic acids is 1. The molecule has 0 aromatic rings. The Kier molecular flexibility index (Phi) is 4.40. The average molecular weight is 188 g/mol. The van der Waals surface area contributed by atoms with Crippen molar-refractivity contribution >= 4 is 11.9 Å². The molecular formula is C8H16N2O3. The molecule has 0 saturated carbocycles. The molecule has 0 aliphatic carbocycles. The third-order valence-electron chi connectivity index (χ3n) is 1.69. The number of hydrogen-bond acceptors (Lipinski definition) is 3. The van der Waals surface area contributed by atoms with Crippen LogP contribution in [-0.4, -0.2) is 29.1 Å². The van der Waals surface area contributed by atoms with Gasteiger partial charge in [-0.2, -0.15) is 0 Å². The molecule has 0 aromatic heterocycles. The van der Waals surface area contributed by atoms with E-state index in [0.29, 0.717) is 6.42 Å². The van der Waals surface area contributed by atoms with Crippen LogP contribution in [0.15, 0.2) is 0 Å². The number of nitrogens with one attached hydrogen (secondary N) is 1. The molecule has 13 heavy (non-hydrogen) atoms. The quantitative estimate of drug-likeness (QED) is 0.552. The van der Waals surface area contributed by atoms with Crippen LogP contribution in [0, 0.1) is 0 Å². The van der Waals surface area contributed by atoms with Gasteiger partial charge in [0.2, 0.25) is 5.91 Å². The van der Waals surface area contributed by atoms with Gasteiger partial charge in [-0.05, 0) is 13.3 Å². The van der Waals surface area contributed by atoms with Crippen LogP contribution in [0.4, 0.5) is 0 Å². The van der Waals surface area contributed by atoms with Gasteiger partial charge < -0.3 is 16.2 Å². The lowest BCUT2D eigenvalue weighted by Gasteiger charge is -2.22. The Balaban J connectivity index is 4.01. The number of nitrogens with two attached hydrogens (primary N) is 1. The molecule has 0 spiro atoms. The molecule has 76 valence electrons. The molecule has 5 heteroatoms. The van der Waals surface area contributed by atoms with Gasteiger partial charge in [-0.15, -0.1) is 0 Å². The van der Waals surface area contributed by atoms with Crippen LogP contribution >= 0.6 is 0 Å².